The van der Waals surface area contributed by atoms with Gasteiger partial charge in [-0.05, 0) is 25.1 Å². The van der Waals surface area contributed by atoms with E-state index in [1.54, 1.807) is 25.1 Å². The summed E-state index contributed by atoms with van der Waals surface area (Å²) in [6.45, 7) is 1.79. The lowest BCUT2D eigenvalue weighted by molar-refractivity contribution is 0.0958. The predicted molar refractivity (Wildman–Crippen MR) is 103 cm³/mol. The van der Waals surface area contributed by atoms with Gasteiger partial charge in [0.1, 0.15) is 15.6 Å². The first-order valence-electron chi connectivity index (χ1n) is 7.39. The van der Waals surface area contributed by atoms with Gasteiger partial charge in [0.05, 0.1) is 11.9 Å². The van der Waals surface area contributed by atoms with Gasteiger partial charge >= 0.3 is 0 Å². The number of carbonyl (C=O) groups is 1. The third-order valence-electron chi connectivity index (χ3n) is 3.38. The first-order valence-corrected chi connectivity index (χ1v) is 9.00. The summed E-state index contributed by atoms with van der Waals surface area (Å²) in [5, 5.41) is 14.5. The van der Waals surface area contributed by atoms with Crippen LogP contribution in [0.3, 0.4) is 0 Å². The summed E-state index contributed by atoms with van der Waals surface area (Å²) in [7, 11) is 0. The van der Waals surface area contributed by atoms with E-state index in [0.29, 0.717) is 16.1 Å². The van der Waals surface area contributed by atoms with Crippen LogP contribution in [0, 0.1) is 6.92 Å². The summed E-state index contributed by atoms with van der Waals surface area (Å²) >= 11 is 4.64. The van der Waals surface area contributed by atoms with Crippen LogP contribution in [0.25, 0.3) is 10.6 Å². The molecule has 3 aromatic rings. The average Bonchev–Trinajstić information content (AvgIpc) is 3.00. The van der Waals surface area contributed by atoms with Crippen LogP contribution in [0.4, 0.5) is 0 Å². The van der Waals surface area contributed by atoms with Crippen molar-refractivity contribution in [3.63, 3.8) is 0 Å². The molecule has 3 rings (SSSR count). The Bertz CT molecular complexity index is 939. The van der Waals surface area contributed by atoms with E-state index in [1.165, 1.54) is 17.6 Å². The SMILES string of the molecule is Cc1nc(-c2ccccc2)sc1C(=O)N/N=C/c1cc(Br)ccc1O. The molecule has 5 nitrogen and oxygen atoms in total. The minimum atomic E-state index is -0.331. The molecular weight excluding hydrogens is 402 g/mol. The molecule has 0 aliphatic rings. The van der Waals surface area contributed by atoms with Crippen molar-refractivity contribution in [3.8, 4) is 16.3 Å². The normalized spacial score (nSPS) is 11.0. The van der Waals surface area contributed by atoms with Gasteiger partial charge in [0, 0.05) is 15.6 Å². The summed E-state index contributed by atoms with van der Waals surface area (Å²) < 4.78 is 0.809. The maximum Gasteiger partial charge on any atom is 0.283 e. The van der Waals surface area contributed by atoms with Crippen molar-refractivity contribution in [2.24, 2.45) is 5.10 Å². The molecule has 1 heterocycles. The van der Waals surface area contributed by atoms with Gasteiger partial charge in [-0.25, -0.2) is 10.4 Å². The summed E-state index contributed by atoms with van der Waals surface area (Å²) in [5.74, 6) is -0.246. The van der Waals surface area contributed by atoms with Crippen molar-refractivity contribution in [1.29, 1.82) is 0 Å². The number of phenolic OH excluding ortho intramolecular Hbond substituents is 1. The minimum absolute atomic E-state index is 0.0848. The number of nitrogens with zero attached hydrogens (tertiary/aromatic N) is 2. The van der Waals surface area contributed by atoms with Crippen LogP contribution in [0.15, 0.2) is 58.1 Å². The second kappa shape index (κ2) is 7.58. The number of carbonyl (C=O) groups excluding carboxylic acids is 1. The van der Waals surface area contributed by atoms with Crippen LogP contribution in [-0.2, 0) is 0 Å². The standard InChI is InChI=1S/C18H14BrN3O2S/c1-11-16(25-18(21-11)12-5-3-2-4-6-12)17(24)22-20-10-13-9-14(19)7-8-15(13)23/h2-10,23H,1H3,(H,22,24)/b20-10+. The summed E-state index contributed by atoms with van der Waals surface area (Å²) in [6, 6.07) is 14.7. The van der Waals surface area contributed by atoms with Gasteiger partial charge in [-0.1, -0.05) is 46.3 Å². The summed E-state index contributed by atoms with van der Waals surface area (Å²) in [4.78, 5) is 17.3. The highest BCUT2D eigenvalue weighted by Gasteiger charge is 2.15. The molecule has 1 aromatic heterocycles. The van der Waals surface area contributed by atoms with Crippen LogP contribution >= 0.6 is 27.3 Å². The van der Waals surface area contributed by atoms with Crippen molar-refractivity contribution in [2.75, 3.05) is 0 Å². The lowest BCUT2D eigenvalue weighted by Crippen LogP contribution is -2.17. The largest absolute Gasteiger partial charge is 0.507 e. The van der Waals surface area contributed by atoms with Crippen LogP contribution in [0.2, 0.25) is 0 Å². The van der Waals surface area contributed by atoms with Crippen LogP contribution in [0.1, 0.15) is 20.9 Å². The molecule has 2 N–H and O–H groups in total. The molecule has 25 heavy (non-hydrogen) atoms. The molecule has 126 valence electrons. The van der Waals surface area contributed by atoms with Gasteiger partial charge in [0.2, 0.25) is 0 Å². The number of nitrogens with one attached hydrogen (secondary N) is 1. The van der Waals surface area contributed by atoms with E-state index >= 15 is 0 Å². The second-order valence-electron chi connectivity index (χ2n) is 5.20. The fourth-order valence-corrected chi connectivity index (χ4v) is 3.49. The zero-order valence-electron chi connectivity index (χ0n) is 13.2. The number of aromatic hydroxyl groups is 1. The van der Waals surface area contributed by atoms with Gasteiger partial charge in [0.25, 0.3) is 5.91 Å². The zero-order valence-corrected chi connectivity index (χ0v) is 15.6. The van der Waals surface area contributed by atoms with Crippen molar-refractivity contribution >= 4 is 39.4 Å². The minimum Gasteiger partial charge on any atom is -0.507 e. The molecule has 0 unspecified atom stereocenters. The predicted octanol–water partition coefficient (Wildman–Crippen LogP) is 4.35. The van der Waals surface area contributed by atoms with Gasteiger partial charge in [-0.2, -0.15) is 5.10 Å². The van der Waals surface area contributed by atoms with Crippen molar-refractivity contribution in [1.82, 2.24) is 10.4 Å². The van der Waals surface area contributed by atoms with Gasteiger partial charge in [-0.3, -0.25) is 4.79 Å². The number of benzene rings is 2. The number of thiazole rings is 1. The quantitative estimate of drug-likeness (QED) is 0.491. The molecule has 0 aliphatic heterocycles. The lowest BCUT2D eigenvalue weighted by Gasteiger charge is -2.00. The molecule has 0 spiro atoms. The van der Waals surface area contributed by atoms with E-state index in [-0.39, 0.29) is 11.7 Å². The van der Waals surface area contributed by atoms with Crippen molar-refractivity contribution in [2.45, 2.75) is 6.92 Å². The van der Waals surface area contributed by atoms with Gasteiger partial charge < -0.3 is 5.11 Å². The Morgan fingerprint density at radius 1 is 1.28 bits per heavy atom. The first kappa shape index (κ1) is 17.3. The molecule has 2 aromatic carbocycles. The Labute approximate surface area is 157 Å². The molecule has 0 saturated heterocycles. The Morgan fingerprint density at radius 3 is 2.80 bits per heavy atom. The van der Waals surface area contributed by atoms with E-state index < -0.39 is 0 Å². The number of rotatable bonds is 4. The Hall–Kier alpha value is -2.51. The topological polar surface area (TPSA) is 74.6 Å². The van der Waals surface area contributed by atoms with Crippen LogP contribution in [-0.4, -0.2) is 22.2 Å². The highest BCUT2D eigenvalue weighted by molar-refractivity contribution is 9.10. The monoisotopic (exact) mass is 415 g/mol. The zero-order chi connectivity index (χ0) is 17.8. The maximum absolute atomic E-state index is 12.3. The fraction of sp³-hybridized carbons (Fsp3) is 0.0556. The van der Waals surface area contributed by atoms with E-state index in [2.05, 4.69) is 31.4 Å². The number of aryl methyl sites for hydroxylation is 1. The highest BCUT2D eigenvalue weighted by atomic mass is 79.9. The molecule has 0 atom stereocenters. The van der Waals surface area contributed by atoms with E-state index in [0.717, 1.165) is 15.0 Å². The molecule has 0 radical (unpaired) electrons. The molecular formula is C18H14BrN3O2S. The average molecular weight is 416 g/mol. The number of hydrogen-bond donors (Lipinski definition) is 2. The third kappa shape index (κ3) is 4.12. The highest BCUT2D eigenvalue weighted by Crippen LogP contribution is 2.27. The maximum atomic E-state index is 12.3. The van der Waals surface area contributed by atoms with E-state index in [1.807, 2.05) is 30.3 Å². The van der Waals surface area contributed by atoms with Crippen molar-refractivity contribution < 1.29 is 9.90 Å². The second-order valence-corrected chi connectivity index (χ2v) is 7.12. The fourth-order valence-electron chi connectivity index (χ4n) is 2.15. The first-order chi connectivity index (χ1) is 12.0. The molecule has 0 saturated carbocycles. The lowest BCUT2D eigenvalue weighted by atomic mass is 10.2. The number of aromatic nitrogens is 1. The molecule has 7 heteroatoms. The number of hydrogen-bond acceptors (Lipinski definition) is 5. The van der Waals surface area contributed by atoms with Gasteiger partial charge in [0.15, 0.2) is 0 Å². The Balaban J connectivity index is 1.75. The number of halogens is 1. The van der Waals surface area contributed by atoms with E-state index in [4.69, 9.17) is 0 Å². The van der Waals surface area contributed by atoms with Gasteiger partial charge in [-0.15, -0.1) is 11.3 Å². The Morgan fingerprint density at radius 2 is 2.04 bits per heavy atom. The molecule has 0 bridgehead atoms. The smallest absolute Gasteiger partial charge is 0.283 e. The number of phenols is 1. The summed E-state index contributed by atoms with van der Waals surface area (Å²) in [5.41, 5.74) is 4.60. The number of amides is 1. The molecule has 1 amide bonds. The molecule has 0 aliphatic carbocycles. The third-order valence-corrected chi connectivity index (χ3v) is 5.08. The molecule has 0 fully saturated rings. The van der Waals surface area contributed by atoms with Crippen molar-refractivity contribution in [3.05, 3.63) is 69.1 Å². The summed E-state index contributed by atoms with van der Waals surface area (Å²) in [6.07, 6.45) is 1.40. The van der Waals surface area contributed by atoms with Crippen LogP contribution < -0.4 is 5.43 Å². The Kier molecular flexibility index (Phi) is 5.25. The van der Waals surface area contributed by atoms with Crippen LogP contribution in [0.5, 0.6) is 5.75 Å². The van der Waals surface area contributed by atoms with E-state index in [9.17, 15) is 9.90 Å². The number of hydrazone groups is 1.